The fourth-order valence-corrected chi connectivity index (χ4v) is 2.02. The number of nitrogens with zero attached hydrogens (tertiary/aromatic N) is 1. The van der Waals surface area contributed by atoms with Crippen LogP contribution in [0.1, 0.15) is 12.8 Å². The molecule has 1 amide bonds. The summed E-state index contributed by atoms with van der Waals surface area (Å²) in [7, 11) is 1.43. The van der Waals surface area contributed by atoms with Crippen LogP contribution in [-0.4, -0.2) is 30.5 Å². The van der Waals surface area contributed by atoms with Crippen LogP contribution in [0, 0.1) is 10.1 Å². The maximum atomic E-state index is 11.9. The van der Waals surface area contributed by atoms with Crippen LogP contribution in [0.25, 0.3) is 0 Å². The van der Waals surface area contributed by atoms with Crippen molar-refractivity contribution >= 4 is 17.3 Å². The van der Waals surface area contributed by atoms with E-state index in [0.717, 1.165) is 19.4 Å². The highest BCUT2D eigenvalue weighted by Crippen LogP contribution is 2.29. The molecule has 19 heavy (non-hydrogen) atoms. The summed E-state index contributed by atoms with van der Waals surface area (Å²) in [6.07, 6.45) is 1.68. The Labute approximate surface area is 110 Å². The normalized spacial score (nSPS) is 18.1. The first kappa shape index (κ1) is 13.3. The summed E-state index contributed by atoms with van der Waals surface area (Å²) < 4.78 is 4.94. The lowest BCUT2D eigenvalue weighted by Crippen LogP contribution is -2.35. The minimum atomic E-state index is -0.541. The van der Waals surface area contributed by atoms with Crippen LogP contribution in [0.3, 0.4) is 0 Å². The summed E-state index contributed by atoms with van der Waals surface area (Å²) >= 11 is 0. The van der Waals surface area contributed by atoms with Crippen LogP contribution >= 0.6 is 0 Å². The largest absolute Gasteiger partial charge is 0.496 e. The molecule has 0 bridgehead atoms. The summed E-state index contributed by atoms with van der Waals surface area (Å²) in [6.45, 7) is 0.794. The Bertz CT molecular complexity index is 498. The van der Waals surface area contributed by atoms with E-state index in [1.807, 2.05) is 0 Å². The Morgan fingerprint density at radius 2 is 2.37 bits per heavy atom. The van der Waals surface area contributed by atoms with Gasteiger partial charge in [-0.05, 0) is 31.5 Å². The number of hydrogen-bond donors (Lipinski definition) is 2. The molecule has 1 aromatic carbocycles. The maximum absolute atomic E-state index is 11.9. The number of nitrogens with one attached hydrogen (secondary N) is 2. The van der Waals surface area contributed by atoms with Gasteiger partial charge in [0.15, 0.2) is 0 Å². The maximum Gasteiger partial charge on any atom is 0.296 e. The van der Waals surface area contributed by atoms with Gasteiger partial charge in [0.1, 0.15) is 11.4 Å². The molecule has 0 spiro atoms. The number of methoxy groups -OCH3 is 1. The average molecular weight is 265 g/mol. The van der Waals surface area contributed by atoms with Crippen molar-refractivity contribution in [2.75, 3.05) is 19.0 Å². The van der Waals surface area contributed by atoms with E-state index in [0.29, 0.717) is 5.75 Å². The molecule has 1 aliphatic heterocycles. The van der Waals surface area contributed by atoms with Crippen LogP contribution in [0.4, 0.5) is 11.4 Å². The number of amides is 1. The minimum absolute atomic E-state index is 0.175. The van der Waals surface area contributed by atoms with Gasteiger partial charge in [0.25, 0.3) is 5.69 Å². The van der Waals surface area contributed by atoms with Gasteiger partial charge in [-0.15, -0.1) is 0 Å². The first-order valence-electron chi connectivity index (χ1n) is 5.98. The molecule has 2 N–H and O–H groups in total. The number of carbonyl (C=O) groups is 1. The summed E-state index contributed by atoms with van der Waals surface area (Å²) in [5.41, 5.74) is 0.00944. The van der Waals surface area contributed by atoms with Gasteiger partial charge in [0.05, 0.1) is 24.1 Å². The van der Waals surface area contributed by atoms with Crippen molar-refractivity contribution in [1.29, 1.82) is 0 Å². The molecular formula is C12H15N3O4. The van der Waals surface area contributed by atoms with Gasteiger partial charge in [-0.3, -0.25) is 14.9 Å². The van der Waals surface area contributed by atoms with E-state index in [1.54, 1.807) is 6.07 Å². The van der Waals surface area contributed by atoms with E-state index in [-0.39, 0.29) is 23.3 Å². The predicted molar refractivity (Wildman–Crippen MR) is 69.3 cm³/mol. The molecule has 1 aromatic rings. The smallest absolute Gasteiger partial charge is 0.296 e. The molecule has 1 aliphatic rings. The molecule has 2 rings (SSSR count). The van der Waals surface area contributed by atoms with Crippen molar-refractivity contribution in [3.05, 3.63) is 28.3 Å². The van der Waals surface area contributed by atoms with Crippen LogP contribution < -0.4 is 15.4 Å². The fraction of sp³-hybridized carbons (Fsp3) is 0.417. The molecule has 1 atom stereocenters. The third-order valence-corrected chi connectivity index (χ3v) is 3.04. The molecule has 7 nitrogen and oxygen atoms in total. The van der Waals surface area contributed by atoms with E-state index in [2.05, 4.69) is 10.6 Å². The molecular weight excluding hydrogens is 250 g/mol. The lowest BCUT2D eigenvalue weighted by molar-refractivity contribution is -0.384. The predicted octanol–water partition coefficient (Wildman–Crippen LogP) is 1.29. The first-order valence-corrected chi connectivity index (χ1v) is 5.98. The summed E-state index contributed by atoms with van der Waals surface area (Å²) in [4.78, 5) is 22.4. The molecule has 0 unspecified atom stereocenters. The molecule has 7 heteroatoms. The highest BCUT2D eigenvalue weighted by Gasteiger charge is 2.24. The Balaban J connectivity index is 2.19. The SMILES string of the molecule is COc1ccc(NC(=O)[C@@H]2CCCN2)c([N+](=O)[O-])c1. The van der Waals surface area contributed by atoms with Gasteiger partial charge >= 0.3 is 0 Å². The Morgan fingerprint density at radius 1 is 1.58 bits per heavy atom. The van der Waals surface area contributed by atoms with Crippen molar-refractivity contribution < 1.29 is 14.5 Å². The zero-order valence-corrected chi connectivity index (χ0v) is 10.5. The van der Waals surface area contributed by atoms with Gasteiger partial charge in [-0.1, -0.05) is 0 Å². The first-order chi connectivity index (χ1) is 9.11. The molecule has 1 saturated heterocycles. The zero-order valence-electron chi connectivity index (χ0n) is 10.5. The van der Waals surface area contributed by atoms with Gasteiger partial charge in [0, 0.05) is 0 Å². The molecule has 102 valence electrons. The molecule has 1 heterocycles. The molecule has 0 radical (unpaired) electrons. The molecule has 0 aliphatic carbocycles. The van der Waals surface area contributed by atoms with Crippen molar-refractivity contribution in [2.24, 2.45) is 0 Å². The van der Waals surface area contributed by atoms with Crippen LogP contribution in [0.15, 0.2) is 18.2 Å². The number of nitro groups is 1. The molecule has 0 saturated carbocycles. The average Bonchev–Trinajstić information content (AvgIpc) is 2.92. The van der Waals surface area contributed by atoms with Gasteiger partial charge < -0.3 is 15.4 Å². The highest BCUT2D eigenvalue weighted by atomic mass is 16.6. The third kappa shape index (κ3) is 3.00. The van der Waals surface area contributed by atoms with Gasteiger partial charge in [-0.2, -0.15) is 0 Å². The van der Waals surface area contributed by atoms with Crippen molar-refractivity contribution in [2.45, 2.75) is 18.9 Å². The monoisotopic (exact) mass is 265 g/mol. The number of ether oxygens (including phenoxy) is 1. The van der Waals surface area contributed by atoms with Crippen LogP contribution in [0.2, 0.25) is 0 Å². The number of nitro benzene ring substituents is 1. The van der Waals surface area contributed by atoms with Crippen molar-refractivity contribution in [3.8, 4) is 5.75 Å². The quantitative estimate of drug-likeness (QED) is 0.632. The Kier molecular flexibility index (Phi) is 3.96. The van der Waals surface area contributed by atoms with E-state index in [1.165, 1.54) is 19.2 Å². The second kappa shape index (κ2) is 5.66. The molecule has 0 aromatic heterocycles. The van der Waals surface area contributed by atoms with E-state index in [4.69, 9.17) is 4.74 Å². The van der Waals surface area contributed by atoms with Gasteiger partial charge in [-0.25, -0.2) is 0 Å². The number of hydrogen-bond acceptors (Lipinski definition) is 5. The second-order valence-corrected chi connectivity index (χ2v) is 4.28. The Morgan fingerprint density at radius 3 is 2.95 bits per heavy atom. The number of anilines is 1. The standard InChI is InChI=1S/C12H15N3O4/c1-19-8-4-5-9(11(7-8)15(17)18)14-12(16)10-3-2-6-13-10/h4-5,7,10,13H,2-3,6H2,1H3,(H,14,16)/t10-/m0/s1. The second-order valence-electron chi connectivity index (χ2n) is 4.28. The van der Waals surface area contributed by atoms with Crippen molar-refractivity contribution in [3.63, 3.8) is 0 Å². The number of carbonyl (C=O) groups excluding carboxylic acids is 1. The number of benzene rings is 1. The third-order valence-electron chi connectivity index (χ3n) is 3.04. The highest BCUT2D eigenvalue weighted by molar-refractivity contribution is 5.97. The summed E-state index contributed by atoms with van der Waals surface area (Å²) in [6, 6.07) is 4.06. The summed E-state index contributed by atoms with van der Waals surface area (Å²) in [5, 5.41) is 16.6. The van der Waals surface area contributed by atoms with E-state index in [9.17, 15) is 14.9 Å². The topological polar surface area (TPSA) is 93.5 Å². The van der Waals surface area contributed by atoms with Crippen molar-refractivity contribution in [1.82, 2.24) is 5.32 Å². The number of rotatable bonds is 4. The summed E-state index contributed by atoms with van der Waals surface area (Å²) in [5.74, 6) is 0.134. The van der Waals surface area contributed by atoms with Crippen LogP contribution in [0.5, 0.6) is 5.75 Å². The lowest BCUT2D eigenvalue weighted by Gasteiger charge is -2.11. The lowest BCUT2D eigenvalue weighted by atomic mass is 10.2. The minimum Gasteiger partial charge on any atom is -0.496 e. The Hall–Kier alpha value is -2.15. The fourth-order valence-electron chi connectivity index (χ4n) is 2.02. The van der Waals surface area contributed by atoms with Gasteiger partial charge in [0.2, 0.25) is 5.91 Å². The van der Waals surface area contributed by atoms with E-state index >= 15 is 0 Å². The molecule has 1 fully saturated rings. The van der Waals surface area contributed by atoms with E-state index < -0.39 is 4.92 Å². The zero-order chi connectivity index (χ0) is 13.8. The van der Waals surface area contributed by atoms with Crippen LogP contribution in [-0.2, 0) is 4.79 Å².